The van der Waals surface area contributed by atoms with E-state index in [1.807, 2.05) is 31.2 Å². The van der Waals surface area contributed by atoms with Gasteiger partial charge in [0.05, 0.1) is 5.69 Å². The summed E-state index contributed by atoms with van der Waals surface area (Å²) in [5, 5.41) is 6.01. The minimum Gasteiger partial charge on any atom is -0.460 e. The van der Waals surface area contributed by atoms with E-state index in [9.17, 15) is 4.79 Å². The van der Waals surface area contributed by atoms with Crippen LogP contribution in [0.5, 0.6) is 0 Å². The minimum atomic E-state index is -0.173. The second-order valence-electron chi connectivity index (χ2n) is 5.29. The highest BCUT2D eigenvalue weighted by atomic mass is 35.5. The van der Waals surface area contributed by atoms with E-state index in [1.165, 1.54) is 4.68 Å². The third-order valence-electron chi connectivity index (χ3n) is 3.89. The minimum absolute atomic E-state index is 0.173. The van der Waals surface area contributed by atoms with Crippen LogP contribution in [0.1, 0.15) is 12.7 Å². The number of aromatic nitrogens is 2. The zero-order valence-electron chi connectivity index (χ0n) is 12.4. The average molecular weight is 325 g/mol. The molecule has 2 aliphatic rings. The first kappa shape index (κ1) is 14.0. The van der Waals surface area contributed by atoms with E-state index in [4.69, 9.17) is 16.0 Å². The van der Waals surface area contributed by atoms with Crippen LogP contribution >= 0.6 is 11.6 Å². The SMILES string of the molecule is CCc1oc2ccccc2c2nn(-c3ccc(Cl)cc3)c(=O)c1-2. The molecule has 2 heterocycles. The predicted molar refractivity (Wildman–Crippen MR) is 90.6 cm³/mol. The number of hydrogen-bond acceptors (Lipinski definition) is 3. The molecule has 0 N–H and O–H groups in total. The highest BCUT2D eigenvalue weighted by Gasteiger charge is 2.24. The van der Waals surface area contributed by atoms with E-state index in [0.717, 1.165) is 11.0 Å². The van der Waals surface area contributed by atoms with Crippen molar-refractivity contribution in [3.63, 3.8) is 0 Å². The lowest BCUT2D eigenvalue weighted by atomic mass is 10.1. The quantitative estimate of drug-likeness (QED) is 0.552. The Labute approximate surface area is 137 Å². The third-order valence-corrected chi connectivity index (χ3v) is 4.14. The zero-order chi connectivity index (χ0) is 16.0. The Morgan fingerprint density at radius 2 is 1.87 bits per heavy atom. The van der Waals surface area contributed by atoms with Gasteiger partial charge in [-0.1, -0.05) is 30.7 Å². The van der Waals surface area contributed by atoms with Crippen molar-refractivity contribution < 1.29 is 4.42 Å². The predicted octanol–water partition coefficient (Wildman–Crippen LogP) is 4.30. The van der Waals surface area contributed by atoms with Gasteiger partial charge in [0.2, 0.25) is 0 Å². The summed E-state index contributed by atoms with van der Waals surface area (Å²) in [6, 6.07) is 14.7. The molecule has 4 nitrogen and oxygen atoms in total. The molecule has 0 unspecified atom stereocenters. The second-order valence-corrected chi connectivity index (χ2v) is 5.73. The molecule has 4 rings (SSSR count). The van der Waals surface area contributed by atoms with Gasteiger partial charge in [-0.05, 0) is 36.4 Å². The summed E-state index contributed by atoms with van der Waals surface area (Å²) in [6.07, 6.45) is 0.628. The van der Waals surface area contributed by atoms with Gasteiger partial charge in [-0.25, -0.2) is 0 Å². The number of aryl methyl sites for hydroxylation is 1. The van der Waals surface area contributed by atoms with Crippen LogP contribution in [0.4, 0.5) is 0 Å². The highest BCUT2D eigenvalue weighted by molar-refractivity contribution is 6.30. The summed E-state index contributed by atoms with van der Waals surface area (Å²) >= 11 is 5.92. The van der Waals surface area contributed by atoms with Crippen molar-refractivity contribution in [3.8, 4) is 16.9 Å². The van der Waals surface area contributed by atoms with Crippen LogP contribution < -0.4 is 5.56 Å². The molecule has 0 aliphatic carbocycles. The molecule has 0 radical (unpaired) electrons. The van der Waals surface area contributed by atoms with Crippen molar-refractivity contribution in [3.05, 3.63) is 69.7 Å². The first-order valence-electron chi connectivity index (χ1n) is 7.38. The molecule has 2 aliphatic heterocycles. The number of para-hydroxylation sites is 1. The Kier molecular flexibility index (Phi) is 3.20. The lowest BCUT2D eigenvalue weighted by Crippen LogP contribution is -2.15. The largest absolute Gasteiger partial charge is 0.460 e. The maximum absolute atomic E-state index is 12.8. The molecule has 0 bridgehead atoms. The van der Waals surface area contributed by atoms with Crippen molar-refractivity contribution in [2.24, 2.45) is 0 Å². The molecule has 2 aromatic carbocycles. The van der Waals surface area contributed by atoms with Gasteiger partial charge in [0.1, 0.15) is 22.6 Å². The lowest BCUT2D eigenvalue weighted by molar-refractivity contribution is 0.546. The molecule has 0 saturated carbocycles. The molecule has 0 fully saturated rings. The molecule has 0 aromatic heterocycles. The molecule has 114 valence electrons. The Balaban J connectivity index is 2.10. The maximum atomic E-state index is 12.8. The molecule has 0 spiro atoms. The van der Waals surface area contributed by atoms with E-state index in [-0.39, 0.29) is 5.56 Å². The fraction of sp³-hybridized carbons (Fsp3) is 0.111. The van der Waals surface area contributed by atoms with Crippen LogP contribution in [-0.2, 0) is 6.42 Å². The lowest BCUT2D eigenvalue weighted by Gasteiger charge is -2.06. The van der Waals surface area contributed by atoms with Crippen molar-refractivity contribution in [1.82, 2.24) is 9.78 Å². The summed E-state index contributed by atoms with van der Waals surface area (Å²) in [6.45, 7) is 1.96. The van der Waals surface area contributed by atoms with Crippen LogP contribution in [0.2, 0.25) is 5.02 Å². The van der Waals surface area contributed by atoms with Gasteiger partial charge in [-0.2, -0.15) is 9.78 Å². The molecule has 0 saturated heterocycles. The average Bonchev–Trinajstić information content (AvgIpc) is 2.93. The monoisotopic (exact) mass is 324 g/mol. The summed E-state index contributed by atoms with van der Waals surface area (Å²) in [7, 11) is 0. The van der Waals surface area contributed by atoms with Crippen LogP contribution in [0.15, 0.2) is 57.7 Å². The van der Waals surface area contributed by atoms with Gasteiger partial charge in [0.15, 0.2) is 0 Å². The Morgan fingerprint density at radius 3 is 2.61 bits per heavy atom. The standard InChI is InChI=1S/C18H13ClN2O2/c1-2-14-16-17(13-5-3-4-6-15(13)23-14)20-21(18(16)22)12-9-7-11(19)8-10-12/h3-10H,2H2,1H3. The number of rotatable bonds is 2. The zero-order valence-corrected chi connectivity index (χ0v) is 13.2. The Bertz CT molecular complexity index is 1030. The smallest absolute Gasteiger partial charge is 0.284 e. The van der Waals surface area contributed by atoms with Crippen LogP contribution in [0, 0.1) is 0 Å². The normalized spacial score (nSPS) is 11.4. The van der Waals surface area contributed by atoms with Crippen LogP contribution in [0.3, 0.4) is 0 Å². The number of hydrogen-bond donors (Lipinski definition) is 0. The first-order chi connectivity index (χ1) is 11.2. The number of nitrogens with zero attached hydrogens (tertiary/aromatic N) is 2. The topological polar surface area (TPSA) is 48.0 Å². The summed E-state index contributed by atoms with van der Waals surface area (Å²) < 4.78 is 7.30. The second kappa shape index (κ2) is 5.25. The van der Waals surface area contributed by atoms with Gasteiger partial charge in [-0.3, -0.25) is 4.79 Å². The molecule has 2 aromatic rings. The molecule has 0 atom stereocenters. The van der Waals surface area contributed by atoms with Crippen LogP contribution in [0.25, 0.3) is 27.9 Å². The van der Waals surface area contributed by atoms with E-state index < -0.39 is 0 Å². The summed E-state index contributed by atoms with van der Waals surface area (Å²) in [4.78, 5) is 12.8. The number of benzene rings is 2. The molecule has 23 heavy (non-hydrogen) atoms. The molecule has 0 amide bonds. The summed E-state index contributed by atoms with van der Waals surface area (Å²) in [5.74, 6) is 0.656. The van der Waals surface area contributed by atoms with Gasteiger partial charge in [0.25, 0.3) is 5.56 Å². The summed E-state index contributed by atoms with van der Waals surface area (Å²) in [5.41, 5.74) is 2.46. The van der Waals surface area contributed by atoms with Crippen LogP contribution in [-0.4, -0.2) is 9.78 Å². The first-order valence-corrected chi connectivity index (χ1v) is 7.76. The van der Waals surface area contributed by atoms with Gasteiger partial charge < -0.3 is 4.42 Å². The van der Waals surface area contributed by atoms with Gasteiger partial charge in [0, 0.05) is 16.8 Å². The van der Waals surface area contributed by atoms with E-state index in [1.54, 1.807) is 24.3 Å². The Morgan fingerprint density at radius 1 is 1.13 bits per heavy atom. The van der Waals surface area contributed by atoms with E-state index in [0.29, 0.717) is 34.1 Å². The number of fused-ring (bicyclic) bond motifs is 3. The van der Waals surface area contributed by atoms with Crippen molar-refractivity contribution in [2.75, 3.05) is 0 Å². The van der Waals surface area contributed by atoms with Crippen molar-refractivity contribution >= 4 is 22.6 Å². The maximum Gasteiger partial charge on any atom is 0.284 e. The molecule has 5 heteroatoms. The fourth-order valence-electron chi connectivity index (χ4n) is 2.78. The van der Waals surface area contributed by atoms with E-state index in [2.05, 4.69) is 5.10 Å². The van der Waals surface area contributed by atoms with Crippen molar-refractivity contribution in [2.45, 2.75) is 13.3 Å². The van der Waals surface area contributed by atoms with Crippen molar-refractivity contribution in [1.29, 1.82) is 0 Å². The molecular weight excluding hydrogens is 312 g/mol. The van der Waals surface area contributed by atoms with Gasteiger partial charge >= 0.3 is 0 Å². The highest BCUT2D eigenvalue weighted by Crippen LogP contribution is 2.31. The van der Waals surface area contributed by atoms with E-state index >= 15 is 0 Å². The third kappa shape index (κ3) is 2.14. The van der Waals surface area contributed by atoms with Gasteiger partial charge in [-0.15, -0.1) is 0 Å². The fourth-order valence-corrected chi connectivity index (χ4v) is 2.91. The molecular formula is C18H13ClN2O2. The Hall–Kier alpha value is -2.59. The number of halogens is 1.